The Morgan fingerprint density at radius 2 is 1.85 bits per heavy atom. The zero-order chi connectivity index (χ0) is 14.3. The molecule has 5 heteroatoms. The van der Waals surface area contributed by atoms with Gasteiger partial charge in [-0.3, -0.25) is 4.79 Å². The Kier molecular flexibility index (Phi) is 3.42. The number of Topliss-reactive ketones (excluding diaryl/α,β-unsaturated/α-hetero) is 1. The highest BCUT2D eigenvalue weighted by atomic mass is 32.2. The van der Waals surface area contributed by atoms with Gasteiger partial charge in [0.2, 0.25) is 10.0 Å². The van der Waals surface area contributed by atoms with E-state index in [1.54, 1.807) is 22.5 Å². The Bertz CT molecular complexity index is 626. The van der Waals surface area contributed by atoms with Gasteiger partial charge in [-0.1, -0.05) is 18.6 Å². The maximum Gasteiger partial charge on any atom is 0.243 e. The Hall–Kier alpha value is -1.20. The monoisotopic (exact) mass is 293 g/mol. The lowest BCUT2D eigenvalue weighted by atomic mass is 10.0. The molecule has 1 aliphatic heterocycles. The van der Waals surface area contributed by atoms with Crippen LogP contribution in [0.3, 0.4) is 0 Å². The molecule has 2 fully saturated rings. The van der Waals surface area contributed by atoms with Gasteiger partial charge in [-0.15, -0.1) is 0 Å². The molecule has 1 aliphatic carbocycles. The normalized spacial score (nSPS) is 26.6. The molecule has 0 aromatic heterocycles. The summed E-state index contributed by atoms with van der Waals surface area (Å²) in [6.07, 6.45) is 3.51. The molecule has 0 amide bonds. The maximum absolute atomic E-state index is 12.7. The van der Waals surface area contributed by atoms with Gasteiger partial charge < -0.3 is 0 Å². The molecule has 4 nitrogen and oxygen atoms in total. The van der Waals surface area contributed by atoms with Crippen molar-refractivity contribution in [3.05, 3.63) is 29.8 Å². The molecule has 2 unspecified atom stereocenters. The van der Waals surface area contributed by atoms with Gasteiger partial charge in [0.1, 0.15) is 0 Å². The van der Waals surface area contributed by atoms with Crippen LogP contribution in [0.2, 0.25) is 0 Å². The zero-order valence-electron chi connectivity index (χ0n) is 11.6. The fourth-order valence-corrected chi connectivity index (χ4v) is 5.01. The van der Waals surface area contributed by atoms with Crippen molar-refractivity contribution in [2.45, 2.75) is 31.1 Å². The summed E-state index contributed by atoms with van der Waals surface area (Å²) in [7, 11) is -3.46. The van der Waals surface area contributed by atoms with E-state index >= 15 is 0 Å². The van der Waals surface area contributed by atoms with Crippen molar-refractivity contribution in [1.82, 2.24) is 4.31 Å². The van der Waals surface area contributed by atoms with Gasteiger partial charge in [-0.2, -0.15) is 4.31 Å². The number of ketones is 1. The van der Waals surface area contributed by atoms with Crippen molar-refractivity contribution in [2.24, 2.45) is 11.8 Å². The predicted molar refractivity (Wildman–Crippen MR) is 76.0 cm³/mol. The van der Waals surface area contributed by atoms with Crippen LogP contribution >= 0.6 is 0 Å². The van der Waals surface area contributed by atoms with Crippen LogP contribution in [0.5, 0.6) is 0 Å². The van der Waals surface area contributed by atoms with Crippen molar-refractivity contribution >= 4 is 15.8 Å². The summed E-state index contributed by atoms with van der Waals surface area (Å²) < 4.78 is 26.9. The minimum Gasteiger partial charge on any atom is -0.295 e. The molecule has 0 spiro atoms. The zero-order valence-corrected chi connectivity index (χ0v) is 12.4. The topological polar surface area (TPSA) is 54.5 Å². The van der Waals surface area contributed by atoms with Crippen molar-refractivity contribution in [2.75, 3.05) is 13.1 Å². The summed E-state index contributed by atoms with van der Waals surface area (Å²) in [6.45, 7) is 2.72. The van der Waals surface area contributed by atoms with E-state index in [2.05, 4.69) is 0 Å². The first-order valence-corrected chi connectivity index (χ1v) is 8.53. The lowest BCUT2D eigenvalue weighted by Crippen LogP contribution is -2.29. The van der Waals surface area contributed by atoms with Crippen molar-refractivity contribution < 1.29 is 13.2 Å². The molecule has 0 bridgehead atoms. The third-order valence-electron chi connectivity index (χ3n) is 4.57. The van der Waals surface area contributed by atoms with Gasteiger partial charge in [0.15, 0.2) is 5.78 Å². The fraction of sp³-hybridized carbons (Fsp3) is 0.533. The molecule has 1 saturated carbocycles. The summed E-state index contributed by atoms with van der Waals surface area (Å²) in [5.74, 6) is 0.946. The van der Waals surface area contributed by atoms with E-state index in [9.17, 15) is 13.2 Å². The molecule has 0 radical (unpaired) electrons. The van der Waals surface area contributed by atoms with E-state index in [1.807, 2.05) is 0 Å². The second-order valence-corrected chi connectivity index (χ2v) is 7.80. The van der Waals surface area contributed by atoms with Crippen LogP contribution in [0.25, 0.3) is 0 Å². The minimum atomic E-state index is -3.46. The lowest BCUT2D eigenvalue weighted by Gasteiger charge is -2.17. The first-order chi connectivity index (χ1) is 9.48. The highest BCUT2D eigenvalue weighted by Crippen LogP contribution is 2.39. The van der Waals surface area contributed by atoms with E-state index in [-0.39, 0.29) is 10.7 Å². The van der Waals surface area contributed by atoms with Gasteiger partial charge >= 0.3 is 0 Å². The quantitative estimate of drug-likeness (QED) is 0.804. The third-order valence-corrected chi connectivity index (χ3v) is 6.40. The van der Waals surface area contributed by atoms with Gasteiger partial charge in [0.25, 0.3) is 0 Å². The van der Waals surface area contributed by atoms with Crippen molar-refractivity contribution in [3.63, 3.8) is 0 Å². The summed E-state index contributed by atoms with van der Waals surface area (Å²) in [6, 6.07) is 6.36. The molecule has 0 N–H and O–H groups in total. The van der Waals surface area contributed by atoms with Gasteiger partial charge in [0, 0.05) is 18.7 Å². The summed E-state index contributed by atoms with van der Waals surface area (Å²) in [4.78, 5) is 11.6. The van der Waals surface area contributed by atoms with Crippen LogP contribution in [-0.4, -0.2) is 31.6 Å². The first-order valence-electron chi connectivity index (χ1n) is 7.09. The molecule has 1 saturated heterocycles. The highest BCUT2D eigenvalue weighted by molar-refractivity contribution is 7.89. The molecule has 1 heterocycles. The molecule has 1 aromatic carbocycles. The van der Waals surface area contributed by atoms with Crippen molar-refractivity contribution in [1.29, 1.82) is 0 Å². The van der Waals surface area contributed by atoms with Gasteiger partial charge in [-0.25, -0.2) is 8.42 Å². The average molecular weight is 293 g/mol. The third kappa shape index (κ3) is 2.29. The molecular formula is C15H19NO3S. The second-order valence-electron chi connectivity index (χ2n) is 5.86. The van der Waals surface area contributed by atoms with Crippen LogP contribution in [-0.2, 0) is 10.0 Å². The maximum atomic E-state index is 12.7. The fourth-order valence-electron chi connectivity index (χ4n) is 3.41. The molecule has 2 aliphatic rings. The highest BCUT2D eigenvalue weighted by Gasteiger charge is 2.41. The van der Waals surface area contributed by atoms with Crippen LogP contribution in [0, 0.1) is 11.8 Å². The Balaban J connectivity index is 1.89. The number of rotatable bonds is 3. The average Bonchev–Trinajstić information content (AvgIpc) is 2.99. The lowest BCUT2D eigenvalue weighted by molar-refractivity contribution is 0.101. The van der Waals surface area contributed by atoms with E-state index in [4.69, 9.17) is 0 Å². The molecule has 2 atom stereocenters. The molecular weight excluding hydrogens is 274 g/mol. The van der Waals surface area contributed by atoms with Gasteiger partial charge in [-0.05, 0) is 43.7 Å². The molecule has 3 rings (SSSR count). The predicted octanol–water partition coefficient (Wildman–Crippen LogP) is 2.31. The van der Waals surface area contributed by atoms with E-state index in [0.717, 1.165) is 12.8 Å². The number of hydrogen-bond acceptors (Lipinski definition) is 3. The summed E-state index contributed by atoms with van der Waals surface area (Å²) in [5.41, 5.74) is 0.450. The minimum absolute atomic E-state index is 0.111. The Morgan fingerprint density at radius 1 is 1.20 bits per heavy atom. The van der Waals surface area contributed by atoms with Gasteiger partial charge in [0.05, 0.1) is 4.90 Å². The van der Waals surface area contributed by atoms with Crippen LogP contribution in [0.4, 0.5) is 0 Å². The smallest absolute Gasteiger partial charge is 0.243 e. The summed E-state index contributed by atoms with van der Waals surface area (Å²) in [5, 5.41) is 0. The van der Waals surface area contributed by atoms with Crippen LogP contribution < -0.4 is 0 Å². The number of benzene rings is 1. The number of carbonyl (C=O) groups excluding carboxylic acids is 1. The number of nitrogens with zero attached hydrogens (tertiary/aromatic N) is 1. The summed E-state index contributed by atoms with van der Waals surface area (Å²) >= 11 is 0. The van der Waals surface area contributed by atoms with Crippen LogP contribution in [0.1, 0.15) is 36.5 Å². The number of hydrogen-bond donors (Lipinski definition) is 0. The van der Waals surface area contributed by atoms with E-state index in [1.165, 1.54) is 19.4 Å². The second kappa shape index (κ2) is 4.97. The van der Waals surface area contributed by atoms with Crippen LogP contribution in [0.15, 0.2) is 29.2 Å². The molecule has 20 heavy (non-hydrogen) atoms. The largest absolute Gasteiger partial charge is 0.295 e. The first kappa shape index (κ1) is 13.8. The molecule has 1 aromatic rings. The number of sulfonamides is 1. The van der Waals surface area contributed by atoms with E-state index < -0.39 is 10.0 Å². The molecule has 108 valence electrons. The Morgan fingerprint density at radius 3 is 2.45 bits per heavy atom. The Labute approximate surface area is 119 Å². The number of carbonyl (C=O) groups is 1. The SMILES string of the molecule is CC(=O)c1cccc(S(=O)(=O)N2CC3CCCC3C2)c1. The van der Waals surface area contributed by atoms with E-state index in [0.29, 0.717) is 30.5 Å². The standard InChI is InChI=1S/C15H19NO3S/c1-11(17)12-4-3-7-15(8-12)20(18,19)16-9-13-5-2-6-14(13)10-16/h3-4,7-8,13-14H,2,5-6,9-10H2,1H3. The number of fused-ring (bicyclic) bond motifs is 1. The van der Waals surface area contributed by atoms with Crippen molar-refractivity contribution in [3.8, 4) is 0 Å².